The van der Waals surface area contributed by atoms with E-state index in [4.69, 9.17) is 4.74 Å². The van der Waals surface area contributed by atoms with E-state index in [1.807, 2.05) is 18.2 Å². The maximum absolute atomic E-state index is 12.2. The maximum atomic E-state index is 12.2. The lowest BCUT2D eigenvalue weighted by atomic mass is 10.0. The van der Waals surface area contributed by atoms with Gasteiger partial charge >= 0.3 is 6.03 Å². The highest BCUT2D eigenvalue weighted by molar-refractivity contribution is 6.04. The van der Waals surface area contributed by atoms with Crippen molar-refractivity contribution < 1.29 is 14.3 Å². The van der Waals surface area contributed by atoms with Crippen LogP contribution in [0.15, 0.2) is 24.3 Å². The average Bonchev–Trinajstić information content (AvgIpc) is 3.23. The lowest BCUT2D eigenvalue weighted by Crippen LogP contribution is -2.34. The Kier molecular flexibility index (Phi) is 8.58. The molecule has 7 heteroatoms. The fourth-order valence-corrected chi connectivity index (χ4v) is 3.85. The Balaban J connectivity index is 0.00000280. The summed E-state index contributed by atoms with van der Waals surface area (Å²) >= 11 is 0. The van der Waals surface area contributed by atoms with Crippen LogP contribution in [0.25, 0.3) is 0 Å². The Morgan fingerprint density at radius 3 is 2.71 bits per heavy atom. The second-order valence-electron chi connectivity index (χ2n) is 7.62. The highest BCUT2D eigenvalue weighted by atomic mass is 35.5. The summed E-state index contributed by atoms with van der Waals surface area (Å²) < 4.78 is 5.89. The number of amides is 3. The topological polar surface area (TPSA) is 61.9 Å². The number of para-hydroxylation sites is 1. The van der Waals surface area contributed by atoms with Gasteiger partial charge in [0.15, 0.2) is 0 Å². The highest BCUT2D eigenvalue weighted by Gasteiger charge is 2.46. The van der Waals surface area contributed by atoms with E-state index in [9.17, 15) is 9.59 Å². The molecule has 0 aliphatic carbocycles. The number of nitrogens with zero attached hydrogens (tertiary/aromatic N) is 2. The summed E-state index contributed by atoms with van der Waals surface area (Å²) in [7, 11) is 0. The molecule has 1 unspecified atom stereocenters. The molecule has 2 fully saturated rings. The van der Waals surface area contributed by atoms with Gasteiger partial charge in [-0.3, -0.25) is 9.69 Å². The van der Waals surface area contributed by atoms with Crippen molar-refractivity contribution in [2.45, 2.75) is 51.5 Å². The van der Waals surface area contributed by atoms with E-state index in [2.05, 4.69) is 25.2 Å². The van der Waals surface area contributed by atoms with E-state index >= 15 is 0 Å². The summed E-state index contributed by atoms with van der Waals surface area (Å²) in [6.07, 6.45) is 3.54. The van der Waals surface area contributed by atoms with E-state index in [0.717, 1.165) is 51.1 Å². The fraction of sp³-hybridized carbons (Fsp3) is 0.619. The Labute approximate surface area is 174 Å². The largest absolute Gasteiger partial charge is 0.492 e. The number of fused-ring (bicyclic) bond motifs is 1. The molecule has 1 atom stereocenters. The SMILES string of the molecule is CC(C)c1ccccc1OCCNCCCCN1C(=O)C2CCCN2C1=O.Cl. The fourth-order valence-electron chi connectivity index (χ4n) is 3.85. The van der Waals surface area contributed by atoms with Crippen molar-refractivity contribution in [2.75, 3.05) is 32.8 Å². The molecule has 0 saturated carbocycles. The van der Waals surface area contributed by atoms with E-state index in [-0.39, 0.29) is 30.4 Å². The van der Waals surface area contributed by atoms with Gasteiger partial charge in [0.2, 0.25) is 0 Å². The van der Waals surface area contributed by atoms with Gasteiger partial charge in [-0.1, -0.05) is 32.0 Å². The molecule has 6 nitrogen and oxygen atoms in total. The van der Waals surface area contributed by atoms with E-state index in [1.165, 1.54) is 10.5 Å². The van der Waals surface area contributed by atoms with Crippen molar-refractivity contribution >= 4 is 24.3 Å². The second kappa shape index (κ2) is 10.7. The summed E-state index contributed by atoms with van der Waals surface area (Å²) in [6, 6.07) is 7.90. The number of carbonyl (C=O) groups is 2. The zero-order chi connectivity index (χ0) is 19.2. The minimum atomic E-state index is -0.179. The van der Waals surface area contributed by atoms with Gasteiger partial charge in [-0.15, -0.1) is 12.4 Å². The Morgan fingerprint density at radius 1 is 1.18 bits per heavy atom. The molecule has 2 heterocycles. The van der Waals surface area contributed by atoms with Crippen LogP contribution in [0.4, 0.5) is 4.79 Å². The number of hydrogen-bond donors (Lipinski definition) is 1. The van der Waals surface area contributed by atoms with Gasteiger partial charge in [-0.2, -0.15) is 0 Å². The molecule has 3 rings (SSSR count). The number of carbonyl (C=O) groups excluding carboxylic acids is 2. The highest BCUT2D eigenvalue weighted by Crippen LogP contribution is 2.27. The van der Waals surface area contributed by atoms with Crippen LogP contribution in [0.5, 0.6) is 5.75 Å². The van der Waals surface area contributed by atoms with Gasteiger partial charge in [0, 0.05) is 19.6 Å². The van der Waals surface area contributed by atoms with Crippen LogP contribution in [-0.4, -0.2) is 60.6 Å². The van der Waals surface area contributed by atoms with Crippen LogP contribution in [0.2, 0.25) is 0 Å². The Hall–Kier alpha value is -1.79. The standard InChI is InChI=1S/C21H31N3O3.ClH/c1-16(2)17-8-3-4-10-19(17)27-15-12-22-11-5-6-13-24-20(25)18-9-7-14-23(18)21(24)26;/h3-4,8,10,16,18,22H,5-7,9,11-15H2,1-2H3;1H. The number of imide groups is 1. The number of nitrogens with one attached hydrogen (secondary N) is 1. The Morgan fingerprint density at radius 2 is 1.96 bits per heavy atom. The molecule has 0 aromatic heterocycles. The summed E-state index contributed by atoms with van der Waals surface area (Å²) in [6.45, 7) is 7.87. The van der Waals surface area contributed by atoms with Crippen LogP contribution >= 0.6 is 12.4 Å². The van der Waals surface area contributed by atoms with Crippen molar-refractivity contribution in [1.82, 2.24) is 15.1 Å². The first-order chi connectivity index (χ1) is 13.1. The zero-order valence-electron chi connectivity index (χ0n) is 16.9. The number of unbranched alkanes of at least 4 members (excludes halogenated alkanes) is 1. The third kappa shape index (κ3) is 5.17. The third-order valence-electron chi connectivity index (χ3n) is 5.34. The second-order valence-corrected chi connectivity index (χ2v) is 7.62. The van der Waals surface area contributed by atoms with Crippen LogP contribution in [0.3, 0.4) is 0 Å². The van der Waals surface area contributed by atoms with Gasteiger partial charge < -0.3 is 15.0 Å². The van der Waals surface area contributed by atoms with Gasteiger partial charge in [0.05, 0.1) is 0 Å². The molecule has 1 aromatic rings. The van der Waals surface area contributed by atoms with E-state index in [1.54, 1.807) is 4.90 Å². The lowest BCUT2D eigenvalue weighted by Gasteiger charge is -2.15. The van der Waals surface area contributed by atoms with Crippen LogP contribution in [-0.2, 0) is 4.79 Å². The number of hydrogen-bond acceptors (Lipinski definition) is 4. The van der Waals surface area contributed by atoms with Gasteiger partial charge in [0.1, 0.15) is 18.4 Å². The summed E-state index contributed by atoms with van der Waals surface area (Å²) in [5, 5.41) is 3.37. The molecule has 3 amide bonds. The Bertz CT molecular complexity index is 646. The lowest BCUT2D eigenvalue weighted by molar-refractivity contribution is -0.128. The molecule has 2 aliphatic rings. The maximum Gasteiger partial charge on any atom is 0.327 e. The number of benzene rings is 1. The number of urea groups is 1. The third-order valence-corrected chi connectivity index (χ3v) is 5.34. The molecule has 28 heavy (non-hydrogen) atoms. The minimum absolute atomic E-state index is 0. The monoisotopic (exact) mass is 409 g/mol. The van der Waals surface area contributed by atoms with Gasteiger partial charge in [-0.25, -0.2) is 4.79 Å². The molecular weight excluding hydrogens is 378 g/mol. The molecular formula is C21H32ClN3O3. The van der Waals surface area contributed by atoms with Crippen LogP contribution < -0.4 is 10.1 Å². The molecule has 1 aromatic carbocycles. The first kappa shape index (κ1) is 22.5. The predicted molar refractivity (Wildman–Crippen MR) is 112 cm³/mol. The van der Waals surface area contributed by atoms with Crippen molar-refractivity contribution in [3.8, 4) is 5.75 Å². The first-order valence-corrected chi connectivity index (χ1v) is 10.1. The number of ether oxygens (including phenoxy) is 1. The van der Waals surface area contributed by atoms with Gasteiger partial charge in [-0.05, 0) is 49.8 Å². The van der Waals surface area contributed by atoms with Crippen molar-refractivity contribution in [2.24, 2.45) is 0 Å². The molecule has 0 bridgehead atoms. The predicted octanol–water partition coefficient (Wildman–Crippen LogP) is 3.41. The molecule has 0 spiro atoms. The minimum Gasteiger partial charge on any atom is -0.492 e. The molecule has 1 N–H and O–H groups in total. The van der Waals surface area contributed by atoms with Crippen molar-refractivity contribution in [3.05, 3.63) is 29.8 Å². The van der Waals surface area contributed by atoms with Crippen molar-refractivity contribution in [3.63, 3.8) is 0 Å². The van der Waals surface area contributed by atoms with E-state index < -0.39 is 0 Å². The van der Waals surface area contributed by atoms with Crippen LogP contribution in [0.1, 0.15) is 51.0 Å². The van der Waals surface area contributed by atoms with Crippen molar-refractivity contribution in [1.29, 1.82) is 0 Å². The summed E-state index contributed by atoms with van der Waals surface area (Å²) in [4.78, 5) is 27.6. The molecule has 2 aliphatic heterocycles. The zero-order valence-corrected chi connectivity index (χ0v) is 17.7. The number of rotatable bonds is 10. The summed E-state index contributed by atoms with van der Waals surface area (Å²) in [5.74, 6) is 1.41. The summed E-state index contributed by atoms with van der Waals surface area (Å²) in [5.41, 5.74) is 1.23. The quantitative estimate of drug-likeness (QED) is 0.475. The smallest absolute Gasteiger partial charge is 0.327 e. The number of halogens is 1. The molecule has 156 valence electrons. The van der Waals surface area contributed by atoms with Gasteiger partial charge in [0.25, 0.3) is 5.91 Å². The van der Waals surface area contributed by atoms with Crippen LogP contribution in [0, 0.1) is 0 Å². The average molecular weight is 410 g/mol. The molecule has 0 radical (unpaired) electrons. The normalized spacial score (nSPS) is 18.6. The first-order valence-electron chi connectivity index (χ1n) is 10.1. The molecule has 2 saturated heterocycles. The van der Waals surface area contributed by atoms with E-state index in [0.29, 0.717) is 19.1 Å².